The Morgan fingerprint density at radius 1 is 1.12 bits per heavy atom. The van der Waals surface area contributed by atoms with E-state index in [4.69, 9.17) is 9.47 Å². The van der Waals surface area contributed by atoms with Gasteiger partial charge in [-0.15, -0.1) is 0 Å². The van der Waals surface area contributed by atoms with E-state index in [1.165, 1.54) is 12.1 Å². The van der Waals surface area contributed by atoms with Crippen LogP contribution in [0.2, 0.25) is 0 Å². The molecule has 33 heavy (non-hydrogen) atoms. The van der Waals surface area contributed by atoms with Crippen molar-refractivity contribution in [1.29, 1.82) is 0 Å². The fourth-order valence-electron chi connectivity index (χ4n) is 2.80. The molecular formula is C20H20FN5O6S. The molecule has 0 bridgehead atoms. The molecule has 0 aliphatic heterocycles. The molecule has 0 aliphatic rings. The number of benzene rings is 2. The first kappa shape index (κ1) is 23.7. The van der Waals surface area contributed by atoms with E-state index in [-0.39, 0.29) is 29.8 Å². The number of anilines is 5. The molecule has 0 spiro atoms. The number of nitrogens with zero attached hydrogens (tertiary/aromatic N) is 2. The van der Waals surface area contributed by atoms with Gasteiger partial charge in [0.2, 0.25) is 5.95 Å². The van der Waals surface area contributed by atoms with E-state index in [1.54, 1.807) is 32.2 Å². The van der Waals surface area contributed by atoms with Crippen LogP contribution in [0.1, 0.15) is 6.92 Å². The quantitative estimate of drug-likeness (QED) is 0.251. The SMILES string of the molecule is CCOc1ccc(Nc2nc(Nc3ccc(OC=O)c(NC)c3)ncc2F)cc1S(=O)(=O)O. The zero-order chi connectivity index (χ0) is 24.0. The van der Waals surface area contributed by atoms with Crippen LogP contribution in [0.4, 0.5) is 33.2 Å². The summed E-state index contributed by atoms with van der Waals surface area (Å²) in [5.74, 6) is -0.740. The third kappa shape index (κ3) is 5.84. The van der Waals surface area contributed by atoms with E-state index in [0.717, 1.165) is 12.3 Å². The Bertz CT molecular complexity index is 1270. The van der Waals surface area contributed by atoms with Crippen molar-refractivity contribution in [2.75, 3.05) is 29.6 Å². The van der Waals surface area contributed by atoms with E-state index >= 15 is 0 Å². The number of ether oxygens (including phenoxy) is 2. The molecule has 0 unspecified atom stereocenters. The van der Waals surface area contributed by atoms with Crippen LogP contribution in [0, 0.1) is 5.82 Å². The lowest BCUT2D eigenvalue weighted by Crippen LogP contribution is -2.06. The summed E-state index contributed by atoms with van der Waals surface area (Å²) >= 11 is 0. The van der Waals surface area contributed by atoms with Gasteiger partial charge in [-0.25, -0.2) is 9.37 Å². The van der Waals surface area contributed by atoms with Gasteiger partial charge in [-0.1, -0.05) is 0 Å². The summed E-state index contributed by atoms with van der Waals surface area (Å²) in [6.07, 6.45) is 0.929. The largest absolute Gasteiger partial charge is 0.492 e. The maximum Gasteiger partial charge on any atom is 0.298 e. The molecule has 11 nitrogen and oxygen atoms in total. The van der Waals surface area contributed by atoms with Gasteiger partial charge in [-0.3, -0.25) is 9.35 Å². The minimum Gasteiger partial charge on any atom is -0.492 e. The minimum absolute atomic E-state index is 0.0333. The van der Waals surface area contributed by atoms with Gasteiger partial charge < -0.3 is 25.4 Å². The van der Waals surface area contributed by atoms with Crippen LogP contribution < -0.4 is 25.4 Å². The molecule has 174 valence electrons. The lowest BCUT2D eigenvalue weighted by atomic mass is 10.2. The number of nitrogens with one attached hydrogen (secondary N) is 3. The summed E-state index contributed by atoms with van der Waals surface area (Å²) in [5.41, 5.74) is 1.17. The van der Waals surface area contributed by atoms with E-state index in [0.29, 0.717) is 23.6 Å². The third-order valence-electron chi connectivity index (χ3n) is 4.21. The van der Waals surface area contributed by atoms with Crippen LogP contribution in [0.25, 0.3) is 0 Å². The summed E-state index contributed by atoms with van der Waals surface area (Å²) in [6.45, 7) is 2.15. The smallest absolute Gasteiger partial charge is 0.298 e. The molecule has 0 atom stereocenters. The first-order valence-corrected chi connectivity index (χ1v) is 10.9. The molecule has 4 N–H and O–H groups in total. The maximum atomic E-state index is 14.3. The van der Waals surface area contributed by atoms with Gasteiger partial charge in [-0.05, 0) is 43.3 Å². The first-order valence-electron chi connectivity index (χ1n) is 9.48. The molecule has 1 aromatic heterocycles. The molecular weight excluding hydrogens is 457 g/mol. The number of hydrogen-bond acceptors (Lipinski definition) is 10. The molecule has 1 heterocycles. The van der Waals surface area contributed by atoms with Gasteiger partial charge in [0.15, 0.2) is 17.4 Å². The predicted molar refractivity (Wildman–Crippen MR) is 119 cm³/mol. The van der Waals surface area contributed by atoms with Crippen LogP contribution in [-0.4, -0.2) is 43.1 Å². The molecule has 3 rings (SSSR count). The Morgan fingerprint density at radius 3 is 2.45 bits per heavy atom. The monoisotopic (exact) mass is 477 g/mol. The van der Waals surface area contributed by atoms with Crippen LogP contribution >= 0.6 is 0 Å². The maximum absolute atomic E-state index is 14.3. The average molecular weight is 477 g/mol. The summed E-state index contributed by atoms with van der Waals surface area (Å²) in [5, 5.41) is 8.43. The highest BCUT2D eigenvalue weighted by Gasteiger charge is 2.18. The highest BCUT2D eigenvalue weighted by molar-refractivity contribution is 7.86. The molecule has 0 radical (unpaired) electrons. The second-order valence-corrected chi connectivity index (χ2v) is 7.77. The lowest BCUT2D eigenvalue weighted by molar-refractivity contribution is -0.120. The van der Waals surface area contributed by atoms with E-state index in [2.05, 4.69) is 25.9 Å². The fraction of sp³-hybridized carbons (Fsp3) is 0.150. The second-order valence-electron chi connectivity index (χ2n) is 6.38. The molecule has 13 heteroatoms. The Kier molecular flexibility index (Phi) is 7.25. The zero-order valence-corrected chi connectivity index (χ0v) is 18.3. The van der Waals surface area contributed by atoms with Crippen LogP contribution in [0.3, 0.4) is 0 Å². The second kappa shape index (κ2) is 10.1. The van der Waals surface area contributed by atoms with Crippen LogP contribution in [-0.2, 0) is 14.9 Å². The summed E-state index contributed by atoms with van der Waals surface area (Å²) in [6, 6.07) is 8.64. The molecule has 0 aliphatic carbocycles. The van der Waals surface area contributed by atoms with Crippen molar-refractivity contribution >= 4 is 45.4 Å². The Labute approximate surface area is 188 Å². The van der Waals surface area contributed by atoms with Gasteiger partial charge in [0.05, 0.1) is 18.5 Å². The Morgan fingerprint density at radius 2 is 1.82 bits per heavy atom. The first-order chi connectivity index (χ1) is 15.7. The highest BCUT2D eigenvalue weighted by Crippen LogP contribution is 2.31. The summed E-state index contributed by atoms with van der Waals surface area (Å²) in [7, 11) is -2.94. The van der Waals surface area contributed by atoms with Crippen molar-refractivity contribution in [2.45, 2.75) is 11.8 Å². The van der Waals surface area contributed by atoms with Crippen molar-refractivity contribution in [3.63, 3.8) is 0 Å². The molecule has 2 aromatic carbocycles. The number of halogens is 1. The van der Waals surface area contributed by atoms with Crippen LogP contribution in [0.5, 0.6) is 11.5 Å². The van der Waals surface area contributed by atoms with Crippen molar-refractivity contribution in [1.82, 2.24) is 9.97 Å². The molecule has 0 saturated heterocycles. The van der Waals surface area contributed by atoms with Crippen molar-refractivity contribution in [2.24, 2.45) is 0 Å². The van der Waals surface area contributed by atoms with Gasteiger partial charge >= 0.3 is 0 Å². The Balaban J connectivity index is 1.88. The van der Waals surface area contributed by atoms with E-state index < -0.39 is 20.8 Å². The minimum atomic E-state index is -4.59. The normalized spacial score (nSPS) is 10.9. The van der Waals surface area contributed by atoms with Gasteiger partial charge in [0.25, 0.3) is 16.6 Å². The molecule has 0 amide bonds. The van der Waals surface area contributed by atoms with Crippen molar-refractivity contribution < 1.29 is 31.6 Å². The fourth-order valence-corrected chi connectivity index (χ4v) is 3.46. The predicted octanol–water partition coefficient (Wildman–Crippen LogP) is 3.33. The Hall–Kier alpha value is -3.97. The summed E-state index contributed by atoms with van der Waals surface area (Å²) < 4.78 is 57.2. The lowest BCUT2D eigenvalue weighted by Gasteiger charge is -2.13. The van der Waals surface area contributed by atoms with Crippen molar-refractivity contribution in [3.8, 4) is 11.5 Å². The number of aromatic nitrogens is 2. The highest BCUT2D eigenvalue weighted by atomic mass is 32.2. The van der Waals surface area contributed by atoms with Gasteiger partial charge in [0.1, 0.15) is 10.6 Å². The molecule has 0 fully saturated rings. The van der Waals surface area contributed by atoms with E-state index in [9.17, 15) is 22.2 Å². The third-order valence-corrected chi connectivity index (χ3v) is 5.08. The number of rotatable bonds is 10. The standard InChI is InChI=1S/C20H20FN5O6S/c1-3-31-17-7-5-13(9-18(17)33(28,29)30)24-19-14(21)10-23-20(26-19)25-12-4-6-16(32-11-27)15(8-12)22-2/h4-11,22H,3H2,1-2H3,(H,28,29,30)(H2,23,24,25,26). The number of hydrogen-bond donors (Lipinski definition) is 4. The van der Waals surface area contributed by atoms with Crippen molar-refractivity contribution in [3.05, 3.63) is 48.4 Å². The summed E-state index contributed by atoms with van der Waals surface area (Å²) in [4.78, 5) is 18.1. The van der Waals surface area contributed by atoms with E-state index in [1.807, 2.05) is 0 Å². The molecule has 3 aromatic rings. The average Bonchev–Trinajstić information content (AvgIpc) is 2.77. The molecule has 0 saturated carbocycles. The topological polar surface area (TPSA) is 152 Å². The van der Waals surface area contributed by atoms with Gasteiger partial charge in [0, 0.05) is 18.4 Å². The number of carbonyl (C=O) groups excluding carboxylic acids is 1. The van der Waals surface area contributed by atoms with Gasteiger partial charge in [-0.2, -0.15) is 13.4 Å². The number of carbonyl (C=O) groups is 1. The van der Waals surface area contributed by atoms with Crippen LogP contribution in [0.15, 0.2) is 47.5 Å². The zero-order valence-electron chi connectivity index (χ0n) is 17.5.